The molecule has 2 unspecified atom stereocenters. The van der Waals surface area contributed by atoms with E-state index in [0.29, 0.717) is 17.4 Å². The average molecular weight is 1340 g/mol. The predicted molar refractivity (Wildman–Crippen MR) is 411 cm³/mol. The van der Waals surface area contributed by atoms with Gasteiger partial charge in [-0.25, -0.2) is 4.79 Å². The lowest BCUT2D eigenvalue weighted by molar-refractivity contribution is -0.870. The number of carboxylic acids is 1. The molecule has 0 aliphatic rings. The van der Waals surface area contributed by atoms with E-state index < -0.39 is 18.4 Å². The van der Waals surface area contributed by atoms with Crippen LogP contribution in [0.3, 0.4) is 0 Å². The molecule has 0 aromatic carbocycles. The second kappa shape index (κ2) is 77.3. The summed E-state index contributed by atoms with van der Waals surface area (Å²) in [7, 11) is 6.00. The number of quaternary nitrogens is 1. The molecule has 0 spiro atoms. The highest BCUT2D eigenvalue weighted by molar-refractivity contribution is 5.71. The van der Waals surface area contributed by atoms with Crippen molar-refractivity contribution in [3.8, 4) is 0 Å². The summed E-state index contributed by atoms with van der Waals surface area (Å²) in [6, 6.07) is 0. The molecule has 1 N–H and O–H groups in total. The van der Waals surface area contributed by atoms with Gasteiger partial charge in [-0.15, -0.1) is 0 Å². The SMILES string of the molecule is CCCCCCC/C=C\C/C=C\CCCCCCCCCCCCCCCCCCCC(=O)OC(COC(=O)CCCCCCCCCCCCCCCCCCCCCCCCCCCCCCC/C=C\CCCCCCCCCC)COC(OCC[N+](C)(C)C)C(=O)O. The largest absolute Gasteiger partial charge is 0.477 e. The summed E-state index contributed by atoms with van der Waals surface area (Å²) in [5, 5.41) is 9.78. The number of likely N-dealkylation sites (N-methyl/N-ethyl adjacent to an activating group) is 1. The Labute approximate surface area is 591 Å². The summed E-state index contributed by atoms with van der Waals surface area (Å²) in [5.41, 5.74) is 0. The van der Waals surface area contributed by atoms with E-state index in [4.69, 9.17) is 18.9 Å². The molecule has 0 radical (unpaired) electrons. The van der Waals surface area contributed by atoms with Crippen molar-refractivity contribution in [2.24, 2.45) is 0 Å². The number of hydrogen-bond donors (Lipinski definition) is 1. The molecule has 0 aliphatic heterocycles. The predicted octanol–water partition coefficient (Wildman–Crippen LogP) is 27.0. The first-order valence-corrected chi connectivity index (χ1v) is 42.2. The molecular formula is C86H164NO8+. The fourth-order valence-corrected chi connectivity index (χ4v) is 12.9. The van der Waals surface area contributed by atoms with E-state index in [1.807, 2.05) is 21.1 Å². The average Bonchev–Trinajstić information content (AvgIpc) is 2.86. The number of ether oxygens (including phenoxy) is 4. The van der Waals surface area contributed by atoms with Crippen LogP contribution in [0.1, 0.15) is 438 Å². The van der Waals surface area contributed by atoms with E-state index in [-0.39, 0.29) is 38.2 Å². The van der Waals surface area contributed by atoms with Crippen molar-refractivity contribution in [1.29, 1.82) is 0 Å². The summed E-state index contributed by atoms with van der Waals surface area (Å²) < 4.78 is 23.1. The fraction of sp³-hybridized carbons (Fsp3) is 0.895. The van der Waals surface area contributed by atoms with Crippen LogP contribution >= 0.6 is 0 Å². The van der Waals surface area contributed by atoms with Gasteiger partial charge in [0.25, 0.3) is 6.29 Å². The maximum absolute atomic E-state index is 13.0. The minimum absolute atomic E-state index is 0.175. The van der Waals surface area contributed by atoms with Crippen molar-refractivity contribution >= 4 is 17.9 Å². The second-order valence-electron chi connectivity index (χ2n) is 30.1. The Morgan fingerprint density at radius 3 is 0.842 bits per heavy atom. The van der Waals surface area contributed by atoms with Crippen LogP contribution in [0.15, 0.2) is 36.5 Å². The van der Waals surface area contributed by atoms with Gasteiger partial charge in [0, 0.05) is 12.8 Å². The van der Waals surface area contributed by atoms with E-state index in [1.165, 1.54) is 366 Å². The highest BCUT2D eigenvalue weighted by atomic mass is 16.7. The number of carbonyl (C=O) groups excluding carboxylic acids is 2. The van der Waals surface area contributed by atoms with Gasteiger partial charge < -0.3 is 28.5 Å². The third-order valence-corrected chi connectivity index (χ3v) is 19.4. The quantitative estimate of drug-likeness (QED) is 0.0211. The van der Waals surface area contributed by atoms with Gasteiger partial charge in [0.2, 0.25) is 0 Å². The molecule has 0 amide bonds. The molecule has 0 saturated heterocycles. The monoisotopic (exact) mass is 1340 g/mol. The molecule has 95 heavy (non-hydrogen) atoms. The number of carbonyl (C=O) groups is 3. The van der Waals surface area contributed by atoms with E-state index in [9.17, 15) is 19.5 Å². The maximum atomic E-state index is 13.0. The van der Waals surface area contributed by atoms with Crippen molar-refractivity contribution in [2.45, 2.75) is 450 Å². The van der Waals surface area contributed by atoms with Crippen LogP contribution in [0.25, 0.3) is 0 Å². The molecule has 0 rings (SSSR count). The molecule has 0 heterocycles. The van der Waals surface area contributed by atoms with E-state index in [1.54, 1.807) is 0 Å². The Kier molecular flexibility index (Phi) is 75.2. The van der Waals surface area contributed by atoms with Gasteiger partial charge in [-0.3, -0.25) is 9.59 Å². The van der Waals surface area contributed by atoms with Crippen molar-refractivity contribution in [2.75, 3.05) is 47.5 Å². The Hall–Kier alpha value is -2.49. The normalized spacial score (nSPS) is 12.7. The summed E-state index contributed by atoms with van der Waals surface area (Å²) in [4.78, 5) is 37.8. The lowest BCUT2D eigenvalue weighted by Gasteiger charge is -2.25. The zero-order valence-electron chi connectivity index (χ0n) is 64.4. The molecule has 0 aromatic rings. The number of nitrogens with zero attached hydrogens (tertiary/aromatic N) is 1. The molecule has 9 nitrogen and oxygen atoms in total. The smallest absolute Gasteiger partial charge is 0.361 e. The van der Waals surface area contributed by atoms with Crippen molar-refractivity contribution < 1.29 is 42.9 Å². The van der Waals surface area contributed by atoms with Gasteiger partial charge in [0.15, 0.2) is 6.10 Å². The number of aliphatic carboxylic acids is 1. The molecule has 0 aromatic heterocycles. The number of hydrogen-bond acceptors (Lipinski definition) is 7. The van der Waals surface area contributed by atoms with Crippen LogP contribution in [0, 0.1) is 0 Å². The number of esters is 2. The Bertz CT molecular complexity index is 1650. The lowest BCUT2D eigenvalue weighted by Crippen LogP contribution is -2.40. The Morgan fingerprint density at radius 1 is 0.316 bits per heavy atom. The number of rotatable bonds is 80. The van der Waals surface area contributed by atoms with Gasteiger partial charge in [-0.1, -0.05) is 391 Å². The van der Waals surface area contributed by atoms with Crippen molar-refractivity contribution in [1.82, 2.24) is 0 Å². The topological polar surface area (TPSA) is 108 Å². The number of allylic oxidation sites excluding steroid dienone is 6. The molecule has 2 atom stereocenters. The van der Waals surface area contributed by atoms with E-state index in [0.717, 1.165) is 44.9 Å². The Morgan fingerprint density at radius 2 is 0.568 bits per heavy atom. The molecule has 0 bridgehead atoms. The van der Waals surface area contributed by atoms with Crippen LogP contribution < -0.4 is 0 Å². The minimum Gasteiger partial charge on any atom is -0.477 e. The summed E-state index contributed by atoms with van der Waals surface area (Å²) in [6.45, 7) is 4.95. The van der Waals surface area contributed by atoms with Crippen LogP contribution in [-0.2, 0) is 33.3 Å². The highest BCUT2D eigenvalue weighted by Gasteiger charge is 2.25. The van der Waals surface area contributed by atoms with E-state index in [2.05, 4.69) is 50.3 Å². The fourth-order valence-electron chi connectivity index (χ4n) is 12.9. The second-order valence-corrected chi connectivity index (χ2v) is 30.1. The van der Waals surface area contributed by atoms with Gasteiger partial charge in [0.05, 0.1) is 34.4 Å². The molecular weight excluding hydrogens is 1170 g/mol. The molecule has 560 valence electrons. The Balaban J connectivity index is 3.91. The molecule has 0 aliphatic carbocycles. The van der Waals surface area contributed by atoms with Gasteiger partial charge in [-0.2, -0.15) is 0 Å². The van der Waals surface area contributed by atoms with Crippen LogP contribution in [0.5, 0.6) is 0 Å². The third-order valence-electron chi connectivity index (χ3n) is 19.4. The summed E-state index contributed by atoms with van der Waals surface area (Å²) >= 11 is 0. The highest BCUT2D eigenvalue weighted by Crippen LogP contribution is 2.20. The van der Waals surface area contributed by atoms with Crippen molar-refractivity contribution in [3.05, 3.63) is 36.5 Å². The molecule has 0 saturated carbocycles. The van der Waals surface area contributed by atoms with E-state index >= 15 is 0 Å². The van der Waals surface area contributed by atoms with Gasteiger partial charge in [-0.05, 0) is 70.6 Å². The molecule has 9 heteroatoms. The standard InChI is InChI=1S/C86H163NO8/c1-6-8-10-12-14-16-18-20-22-24-26-28-30-32-34-36-37-38-39-40-41-42-43-44-45-46-47-49-50-52-54-56-58-60-62-64-66-68-70-72-74-76-83(88)93-80-82(81-94-86(85(90)91)92-79-78-87(3,4)5)95-84(89)77-75-73-71-69-67-65-63-61-59-57-55-53-51-48-35-33-31-29-27-25-23-21-19-17-15-13-11-9-7-2/h19,21,24-27,82,86H,6-18,20,22-23,28-81H2,1-5H3/p+1/b21-19-,26-24-,27-25-. The van der Waals surface area contributed by atoms with Crippen molar-refractivity contribution in [3.63, 3.8) is 0 Å². The first-order chi connectivity index (χ1) is 46.6. The van der Waals surface area contributed by atoms with Crippen LogP contribution in [0.2, 0.25) is 0 Å². The molecule has 0 fully saturated rings. The van der Waals surface area contributed by atoms with Gasteiger partial charge in [0.1, 0.15) is 13.2 Å². The summed E-state index contributed by atoms with van der Waals surface area (Å²) in [6.07, 6.45) is 97.6. The third kappa shape index (κ3) is 78.7. The van der Waals surface area contributed by atoms with Crippen LogP contribution in [-0.4, -0.2) is 87.4 Å². The minimum atomic E-state index is -1.51. The number of carboxylic acid groups (broad SMARTS) is 1. The maximum Gasteiger partial charge on any atom is 0.361 e. The first kappa shape index (κ1) is 92.5. The first-order valence-electron chi connectivity index (χ1n) is 42.2. The van der Waals surface area contributed by atoms with Gasteiger partial charge >= 0.3 is 17.9 Å². The van der Waals surface area contributed by atoms with Crippen LogP contribution in [0.4, 0.5) is 0 Å². The summed E-state index contributed by atoms with van der Waals surface area (Å²) in [5.74, 6) is -1.97. The zero-order chi connectivity index (χ0) is 69.0. The lowest BCUT2D eigenvalue weighted by atomic mass is 10.0. The number of unbranched alkanes of at least 4 members (excludes halogenated alkanes) is 59. The zero-order valence-corrected chi connectivity index (χ0v) is 64.4.